The lowest BCUT2D eigenvalue weighted by Gasteiger charge is -2.20. The maximum absolute atomic E-state index is 12.6. The van der Waals surface area contributed by atoms with E-state index in [2.05, 4.69) is 15.8 Å². The van der Waals surface area contributed by atoms with E-state index in [0.29, 0.717) is 17.1 Å². The minimum Gasteiger partial charge on any atom is -0.493 e. The fourth-order valence-electron chi connectivity index (χ4n) is 2.88. The number of amides is 2. The quantitative estimate of drug-likeness (QED) is 0.320. The lowest BCUT2D eigenvalue weighted by atomic mass is 10.0. The summed E-state index contributed by atoms with van der Waals surface area (Å²) in [5, 5.41) is 17.5. The van der Waals surface area contributed by atoms with E-state index < -0.39 is 22.8 Å². The smallest absolute Gasteiger partial charge is 0.270 e. The van der Waals surface area contributed by atoms with Gasteiger partial charge in [-0.15, -0.1) is 0 Å². The summed E-state index contributed by atoms with van der Waals surface area (Å²) in [6.45, 7) is 7.35. The summed E-state index contributed by atoms with van der Waals surface area (Å²) in [7, 11) is 1.53. The monoisotopic (exact) mass is 456 g/mol. The Bertz CT molecular complexity index is 1040. The van der Waals surface area contributed by atoms with Crippen LogP contribution in [0.4, 0.5) is 5.69 Å². The minimum absolute atomic E-state index is 0.0112. The molecule has 0 unspecified atom stereocenters. The fraction of sp³-hybridized carbons (Fsp3) is 0.348. The van der Waals surface area contributed by atoms with Crippen LogP contribution in [0.1, 0.15) is 43.6 Å². The van der Waals surface area contributed by atoms with E-state index in [1.54, 1.807) is 32.0 Å². The van der Waals surface area contributed by atoms with Gasteiger partial charge in [0.05, 0.1) is 24.4 Å². The SMILES string of the molecule is COc1cc(/C=N\NC(=O)[C@H](NC(=O)c2cccc([N+](=O)[O-])c2)C(C)C)ccc1OC(C)C. The average molecular weight is 456 g/mol. The Balaban J connectivity index is 2.07. The van der Waals surface area contributed by atoms with E-state index in [-0.39, 0.29) is 23.3 Å². The summed E-state index contributed by atoms with van der Waals surface area (Å²) in [5.74, 6) is -0.246. The predicted molar refractivity (Wildman–Crippen MR) is 124 cm³/mol. The van der Waals surface area contributed by atoms with E-state index >= 15 is 0 Å². The first-order valence-corrected chi connectivity index (χ1v) is 10.3. The molecule has 0 radical (unpaired) electrons. The van der Waals surface area contributed by atoms with Crippen molar-refractivity contribution in [2.45, 2.75) is 39.8 Å². The molecule has 2 N–H and O–H groups in total. The summed E-state index contributed by atoms with van der Waals surface area (Å²) in [6.07, 6.45) is 1.43. The highest BCUT2D eigenvalue weighted by Crippen LogP contribution is 2.28. The summed E-state index contributed by atoms with van der Waals surface area (Å²) < 4.78 is 11.0. The highest BCUT2D eigenvalue weighted by atomic mass is 16.6. The number of methoxy groups -OCH3 is 1. The number of non-ortho nitro benzene ring substituents is 1. The first-order chi connectivity index (χ1) is 15.6. The maximum Gasteiger partial charge on any atom is 0.270 e. The Morgan fingerprint density at radius 3 is 2.42 bits per heavy atom. The number of nitrogens with zero attached hydrogens (tertiary/aromatic N) is 2. The number of hydrazone groups is 1. The van der Waals surface area contributed by atoms with Gasteiger partial charge in [-0.25, -0.2) is 5.43 Å². The molecule has 10 heteroatoms. The van der Waals surface area contributed by atoms with Crippen LogP contribution < -0.4 is 20.2 Å². The van der Waals surface area contributed by atoms with Gasteiger partial charge in [0.2, 0.25) is 0 Å². The number of hydrogen-bond donors (Lipinski definition) is 2. The number of ether oxygens (including phenoxy) is 2. The molecule has 1 atom stereocenters. The number of carbonyl (C=O) groups excluding carboxylic acids is 2. The molecular weight excluding hydrogens is 428 g/mol. The lowest BCUT2D eigenvalue weighted by molar-refractivity contribution is -0.384. The van der Waals surface area contributed by atoms with Gasteiger partial charge in [0.25, 0.3) is 17.5 Å². The predicted octanol–water partition coefficient (Wildman–Crippen LogP) is 3.30. The van der Waals surface area contributed by atoms with Crippen molar-refractivity contribution < 1.29 is 24.0 Å². The third kappa shape index (κ3) is 7.30. The maximum atomic E-state index is 12.6. The molecule has 0 spiro atoms. The standard InChI is InChI=1S/C23H28N4O6/c1-14(2)21(25-22(28)17-7-6-8-18(12-17)27(30)31)23(29)26-24-13-16-9-10-19(33-15(3)4)20(11-16)32-5/h6-15,21H,1-5H3,(H,25,28)(H,26,29)/b24-13-/t21-/m1/s1. The van der Waals surface area contributed by atoms with E-state index in [1.165, 1.54) is 31.5 Å². The van der Waals surface area contributed by atoms with Crippen molar-refractivity contribution in [1.82, 2.24) is 10.7 Å². The van der Waals surface area contributed by atoms with Gasteiger partial charge in [-0.05, 0) is 49.6 Å². The summed E-state index contributed by atoms with van der Waals surface area (Å²) in [6, 6.07) is 9.63. The van der Waals surface area contributed by atoms with Crippen LogP contribution in [0.15, 0.2) is 47.6 Å². The van der Waals surface area contributed by atoms with Gasteiger partial charge in [0.1, 0.15) is 6.04 Å². The van der Waals surface area contributed by atoms with Crippen LogP contribution in [-0.2, 0) is 4.79 Å². The van der Waals surface area contributed by atoms with Crippen LogP contribution in [-0.4, -0.2) is 42.2 Å². The van der Waals surface area contributed by atoms with E-state index in [9.17, 15) is 19.7 Å². The number of carbonyl (C=O) groups is 2. The first kappa shape index (κ1) is 25.3. The zero-order valence-electron chi connectivity index (χ0n) is 19.2. The second kappa shape index (κ2) is 11.6. The second-order valence-corrected chi connectivity index (χ2v) is 7.81. The van der Waals surface area contributed by atoms with Crippen molar-refractivity contribution in [3.63, 3.8) is 0 Å². The Labute approximate surface area is 192 Å². The van der Waals surface area contributed by atoms with Crippen molar-refractivity contribution in [1.29, 1.82) is 0 Å². The zero-order valence-corrected chi connectivity index (χ0v) is 19.2. The molecule has 0 aliphatic carbocycles. The number of nitrogens with one attached hydrogen (secondary N) is 2. The molecule has 0 aliphatic rings. The Kier molecular flexibility index (Phi) is 8.90. The molecule has 2 aromatic carbocycles. The number of nitro benzene ring substituents is 1. The molecule has 10 nitrogen and oxygen atoms in total. The molecule has 0 saturated heterocycles. The third-order valence-corrected chi connectivity index (χ3v) is 4.49. The minimum atomic E-state index is -0.898. The molecule has 0 fully saturated rings. The Morgan fingerprint density at radius 1 is 1.09 bits per heavy atom. The van der Waals surface area contributed by atoms with Crippen LogP contribution in [0.5, 0.6) is 11.5 Å². The van der Waals surface area contributed by atoms with E-state index in [4.69, 9.17) is 9.47 Å². The van der Waals surface area contributed by atoms with Crippen LogP contribution >= 0.6 is 0 Å². The molecule has 33 heavy (non-hydrogen) atoms. The largest absolute Gasteiger partial charge is 0.493 e. The van der Waals surface area contributed by atoms with Crippen LogP contribution in [0, 0.1) is 16.0 Å². The Hall–Kier alpha value is -3.95. The molecular formula is C23H28N4O6. The van der Waals surface area contributed by atoms with E-state index in [0.717, 1.165) is 6.07 Å². The molecule has 176 valence electrons. The molecule has 0 bridgehead atoms. The van der Waals surface area contributed by atoms with Gasteiger partial charge >= 0.3 is 0 Å². The zero-order chi connectivity index (χ0) is 24.5. The number of nitro groups is 1. The van der Waals surface area contributed by atoms with Crippen molar-refractivity contribution in [2.75, 3.05) is 7.11 Å². The first-order valence-electron chi connectivity index (χ1n) is 10.3. The highest BCUT2D eigenvalue weighted by molar-refractivity contribution is 5.98. The topological polar surface area (TPSA) is 132 Å². The van der Waals surface area contributed by atoms with Crippen molar-refractivity contribution in [2.24, 2.45) is 11.0 Å². The van der Waals surface area contributed by atoms with Crippen molar-refractivity contribution >= 4 is 23.7 Å². The third-order valence-electron chi connectivity index (χ3n) is 4.49. The van der Waals surface area contributed by atoms with Gasteiger partial charge in [0, 0.05) is 17.7 Å². The van der Waals surface area contributed by atoms with Crippen molar-refractivity contribution in [3.05, 3.63) is 63.7 Å². The molecule has 0 aliphatic heterocycles. The molecule has 0 heterocycles. The molecule has 0 saturated carbocycles. The van der Waals surface area contributed by atoms with Gasteiger partial charge in [0.15, 0.2) is 11.5 Å². The average Bonchev–Trinajstić information content (AvgIpc) is 2.77. The highest BCUT2D eigenvalue weighted by Gasteiger charge is 2.25. The normalized spacial score (nSPS) is 12.0. The van der Waals surface area contributed by atoms with Gasteiger partial charge in [-0.2, -0.15) is 5.10 Å². The van der Waals surface area contributed by atoms with Gasteiger partial charge < -0.3 is 14.8 Å². The summed E-state index contributed by atoms with van der Waals surface area (Å²) >= 11 is 0. The molecule has 2 amide bonds. The second-order valence-electron chi connectivity index (χ2n) is 7.81. The number of hydrogen-bond acceptors (Lipinski definition) is 7. The van der Waals surface area contributed by atoms with Gasteiger partial charge in [-0.1, -0.05) is 19.9 Å². The van der Waals surface area contributed by atoms with Crippen LogP contribution in [0.3, 0.4) is 0 Å². The molecule has 2 aromatic rings. The lowest BCUT2D eigenvalue weighted by Crippen LogP contribution is -2.48. The van der Waals surface area contributed by atoms with Crippen LogP contribution in [0.25, 0.3) is 0 Å². The van der Waals surface area contributed by atoms with Crippen molar-refractivity contribution in [3.8, 4) is 11.5 Å². The summed E-state index contributed by atoms with van der Waals surface area (Å²) in [5.41, 5.74) is 2.97. The number of benzene rings is 2. The van der Waals surface area contributed by atoms with Gasteiger partial charge in [-0.3, -0.25) is 19.7 Å². The molecule has 0 aromatic heterocycles. The Morgan fingerprint density at radius 2 is 1.82 bits per heavy atom. The van der Waals surface area contributed by atoms with Crippen LogP contribution in [0.2, 0.25) is 0 Å². The molecule has 2 rings (SSSR count). The number of rotatable bonds is 10. The van der Waals surface area contributed by atoms with E-state index in [1.807, 2.05) is 13.8 Å². The fourth-order valence-corrected chi connectivity index (χ4v) is 2.88. The summed E-state index contributed by atoms with van der Waals surface area (Å²) in [4.78, 5) is 35.5.